The highest BCUT2D eigenvalue weighted by Crippen LogP contribution is 2.36. The first-order chi connectivity index (χ1) is 10.9. The highest BCUT2D eigenvalue weighted by Gasteiger charge is 2.17. The molecule has 0 spiro atoms. The number of aryl methyl sites for hydroxylation is 1. The van der Waals surface area contributed by atoms with Crippen LogP contribution in [0.4, 0.5) is 0 Å². The Balaban J connectivity index is 2.41. The van der Waals surface area contributed by atoms with Gasteiger partial charge in [0.25, 0.3) is 5.22 Å². The van der Waals surface area contributed by atoms with Crippen molar-refractivity contribution in [2.45, 2.75) is 18.6 Å². The van der Waals surface area contributed by atoms with Gasteiger partial charge >= 0.3 is 5.97 Å². The summed E-state index contributed by atoms with van der Waals surface area (Å²) in [5.74, 6) is -0.100. The first-order valence-corrected chi connectivity index (χ1v) is 8.83. The van der Waals surface area contributed by atoms with Gasteiger partial charge in [-0.25, -0.2) is 4.79 Å². The average molecular weight is 464 g/mol. The smallest absolute Gasteiger partial charge is 0.342 e. The molecule has 0 aliphatic carbocycles. The van der Waals surface area contributed by atoms with E-state index in [9.17, 15) is 9.90 Å². The third-order valence-corrected chi connectivity index (χ3v) is 4.59. The largest absolute Gasteiger partial charge is 0.495 e. The fourth-order valence-electron chi connectivity index (χ4n) is 1.70. The molecule has 0 atom stereocenters. The van der Waals surface area contributed by atoms with Crippen LogP contribution in [0.25, 0.3) is 6.08 Å². The summed E-state index contributed by atoms with van der Waals surface area (Å²) in [5.41, 5.74) is 0.605. The van der Waals surface area contributed by atoms with Crippen LogP contribution in [0.5, 0.6) is 5.75 Å². The van der Waals surface area contributed by atoms with Crippen molar-refractivity contribution in [3.63, 3.8) is 0 Å². The zero-order chi connectivity index (χ0) is 17.0. The number of ether oxygens (including phenoxy) is 1. The first-order valence-electron chi connectivity index (χ1n) is 6.42. The van der Waals surface area contributed by atoms with Crippen LogP contribution in [0.2, 0.25) is 0 Å². The average Bonchev–Trinajstić information content (AvgIpc) is 2.93. The molecule has 1 aromatic heterocycles. The van der Waals surface area contributed by atoms with Crippen molar-refractivity contribution in [1.29, 1.82) is 0 Å². The van der Waals surface area contributed by atoms with Gasteiger partial charge in [0.2, 0.25) is 5.89 Å². The summed E-state index contributed by atoms with van der Waals surface area (Å²) in [6, 6.07) is 3.58. The van der Waals surface area contributed by atoms with E-state index in [1.165, 1.54) is 13.2 Å². The number of rotatable bonds is 6. The Bertz CT molecular complexity index is 761. The lowest BCUT2D eigenvalue weighted by atomic mass is 10.2. The standard InChI is InChI=1S/C14H12Br2N2O4S/c1-3-11-17-18-14(22-11)23-10(13(19)20)5-7-4-8(15)6-9(16)12(7)21-2/h4-6H,3H2,1-2H3,(H,19,20)/b10-5-. The highest BCUT2D eigenvalue weighted by atomic mass is 79.9. The Morgan fingerprint density at radius 2 is 2.17 bits per heavy atom. The minimum absolute atomic E-state index is 0.0413. The van der Waals surface area contributed by atoms with Gasteiger partial charge < -0.3 is 14.3 Å². The molecule has 0 aliphatic heterocycles. The number of halogens is 2. The van der Waals surface area contributed by atoms with E-state index in [0.29, 0.717) is 28.1 Å². The van der Waals surface area contributed by atoms with E-state index in [-0.39, 0.29) is 10.1 Å². The quantitative estimate of drug-likeness (QED) is 0.502. The van der Waals surface area contributed by atoms with Gasteiger partial charge in [-0.2, -0.15) is 0 Å². The Morgan fingerprint density at radius 3 is 2.74 bits per heavy atom. The van der Waals surface area contributed by atoms with Crippen LogP contribution in [0.3, 0.4) is 0 Å². The van der Waals surface area contributed by atoms with Gasteiger partial charge in [-0.1, -0.05) is 22.9 Å². The second-order valence-corrected chi connectivity index (χ2v) is 7.00. The Labute approximate surface area is 153 Å². The van der Waals surface area contributed by atoms with Crippen molar-refractivity contribution >= 4 is 55.7 Å². The van der Waals surface area contributed by atoms with Crippen molar-refractivity contribution in [2.75, 3.05) is 7.11 Å². The van der Waals surface area contributed by atoms with Gasteiger partial charge in [0, 0.05) is 16.5 Å². The first kappa shape index (κ1) is 18.0. The summed E-state index contributed by atoms with van der Waals surface area (Å²) in [5, 5.41) is 17.2. The van der Waals surface area contributed by atoms with Crippen LogP contribution < -0.4 is 4.74 Å². The highest BCUT2D eigenvalue weighted by molar-refractivity contribution is 9.11. The number of aliphatic carboxylic acids is 1. The Morgan fingerprint density at radius 1 is 1.43 bits per heavy atom. The van der Waals surface area contributed by atoms with Gasteiger partial charge in [0.05, 0.1) is 11.6 Å². The molecule has 1 aromatic carbocycles. The van der Waals surface area contributed by atoms with Crippen LogP contribution in [-0.4, -0.2) is 28.4 Å². The van der Waals surface area contributed by atoms with Crippen molar-refractivity contribution in [3.8, 4) is 5.75 Å². The maximum atomic E-state index is 11.5. The SMILES string of the molecule is CCc1nnc(S/C(=C\c2cc(Br)cc(Br)c2OC)C(=O)O)o1. The minimum atomic E-state index is -1.09. The molecule has 2 rings (SSSR count). The van der Waals surface area contributed by atoms with Crippen LogP contribution in [-0.2, 0) is 11.2 Å². The van der Waals surface area contributed by atoms with Crippen LogP contribution in [0, 0.1) is 0 Å². The van der Waals surface area contributed by atoms with Crippen molar-refractivity contribution in [1.82, 2.24) is 10.2 Å². The molecule has 0 amide bonds. The number of benzene rings is 1. The van der Waals surface area contributed by atoms with Gasteiger partial charge in [-0.15, -0.1) is 10.2 Å². The van der Waals surface area contributed by atoms with Crippen LogP contribution in [0.1, 0.15) is 18.4 Å². The second-order valence-electron chi connectivity index (χ2n) is 4.24. The topological polar surface area (TPSA) is 85.5 Å². The molecule has 23 heavy (non-hydrogen) atoms. The molecule has 0 unspecified atom stereocenters. The Hall–Kier alpha value is -1.32. The molecule has 122 valence electrons. The van der Waals surface area contributed by atoms with Gasteiger partial charge in [0.15, 0.2) is 0 Å². The van der Waals surface area contributed by atoms with Gasteiger partial charge in [-0.05, 0) is 45.9 Å². The second kappa shape index (κ2) is 7.98. The van der Waals surface area contributed by atoms with E-state index in [1.54, 1.807) is 6.07 Å². The third-order valence-electron chi connectivity index (χ3n) is 2.69. The Kier molecular flexibility index (Phi) is 6.25. The van der Waals surface area contributed by atoms with E-state index in [4.69, 9.17) is 9.15 Å². The van der Waals surface area contributed by atoms with Crippen molar-refractivity contribution in [3.05, 3.63) is 37.4 Å². The number of nitrogens with zero attached hydrogens (tertiary/aromatic N) is 2. The molecule has 0 fully saturated rings. The van der Waals surface area contributed by atoms with E-state index < -0.39 is 5.97 Å². The summed E-state index contributed by atoms with van der Waals surface area (Å²) in [6.07, 6.45) is 2.09. The van der Waals surface area contributed by atoms with E-state index >= 15 is 0 Å². The predicted molar refractivity (Wildman–Crippen MR) is 93.5 cm³/mol. The van der Waals surface area contributed by atoms with Crippen molar-refractivity contribution in [2.24, 2.45) is 0 Å². The van der Waals surface area contributed by atoms with Crippen LogP contribution >= 0.6 is 43.6 Å². The molecule has 2 aromatic rings. The number of carboxylic acids is 1. The maximum absolute atomic E-state index is 11.5. The van der Waals surface area contributed by atoms with Gasteiger partial charge in [0.1, 0.15) is 10.7 Å². The molecule has 1 heterocycles. The molecule has 0 aliphatic rings. The van der Waals surface area contributed by atoms with E-state index in [0.717, 1.165) is 16.2 Å². The summed E-state index contributed by atoms with van der Waals surface area (Å²) in [6.45, 7) is 1.87. The fraction of sp³-hybridized carbons (Fsp3) is 0.214. The number of carboxylic acid groups (broad SMARTS) is 1. The molecule has 0 saturated heterocycles. The minimum Gasteiger partial charge on any atom is -0.495 e. The molecule has 0 saturated carbocycles. The monoisotopic (exact) mass is 462 g/mol. The number of aromatic nitrogens is 2. The zero-order valence-electron chi connectivity index (χ0n) is 12.2. The predicted octanol–water partition coefficient (Wildman–Crippen LogP) is 4.38. The van der Waals surface area contributed by atoms with Crippen LogP contribution in [0.15, 0.2) is 35.6 Å². The molecular formula is C14H12Br2N2O4S. The summed E-state index contributed by atoms with van der Waals surface area (Å²) < 4.78 is 12.2. The van der Waals surface area contributed by atoms with Gasteiger partial charge in [-0.3, -0.25) is 0 Å². The normalized spacial score (nSPS) is 11.6. The lowest BCUT2D eigenvalue weighted by Gasteiger charge is -2.09. The van der Waals surface area contributed by atoms with Crippen molar-refractivity contribution < 1.29 is 19.1 Å². The number of thioether (sulfide) groups is 1. The number of methoxy groups -OCH3 is 1. The molecule has 6 nitrogen and oxygen atoms in total. The summed E-state index contributed by atoms with van der Waals surface area (Å²) >= 11 is 7.65. The lowest BCUT2D eigenvalue weighted by Crippen LogP contribution is -1.98. The third kappa shape index (κ3) is 4.58. The summed E-state index contributed by atoms with van der Waals surface area (Å²) in [4.78, 5) is 11.6. The molecule has 0 bridgehead atoms. The number of hydrogen-bond donors (Lipinski definition) is 1. The molecular weight excluding hydrogens is 452 g/mol. The molecule has 1 N–H and O–H groups in total. The summed E-state index contributed by atoms with van der Waals surface area (Å²) in [7, 11) is 1.52. The zero-order valence-corrected chi connectivity index (χ0v) is 16.2. The molecule has 9 heteroatoms. The molecule has 0 radical (unpaired) electrons. The maximum Gasteiger partial charge on any atom is 0.342 e. The number of hydrogen-bond acceptors (Lipinski definition) is 6. The van der Waals surface area contributed by atoms with E-state index in [2.05, 4.69) is 42.1 Å². The lowest BCUT2D eigenvalue weighted by molar-refractivity contribution is -0.131. The van der Waals surface area contributed by atoms with E-state index in [1.807, 2.05) is 13.0 Å². The number of carbonyl (C=O) groups is 1. The fourth-order valence-corrected chi connectivity index (χ4v) is 3.80.